The van der Waals surface area contributed by atoms with Gasteiger partial charge in [0.2, 0.25) is 0 Å². The molecule has 2 aromatic heterocycles. The van der Waals surface area contributed by atoms with Crippen LogP contribution in [-0.2, 0) is 12.8 Å². The van der Waals surface area contributed by atoms with Crippen molar-refractivity contribution in [2.24, 2.45) is 0 Å². The third kappa shape index (κ3) is 6.07. The molecule has 0 N–H and O–H groups in total. The summed E-state index contributed by atoms with van der Waals surface area (Å²) in [4.78, 5) is 15.1. The van der Waals surface area contributed by atoms with Crippen molar-refractivity contribution >= 4 is 21.8 Å². The molecule has 2 heterocycles. The number of hydrogen-bond acceptors (Lipinski definition) is 3. The molecule has 58 heavy (non-hydrogen) atoms. The van der Waals surface area contributed by atoms with E-state index in [4.69, 9.17) is 15.0 Å². The first-order valence-electron chi connectivity index (χ1n) is 20.0. The van der Waals surface area contributed by atoms with E-state index in [0.717, 1.165) is 51.6 Å². The number of benzene rings is 8. The summed E-state index contributed by atoms with van der Waals surface area (Å²) in [6.45, 7) is 0. The Morgan fingerprint density at radius 1 is 0.414 bits per heavy atom. The van der Waals surface area contributed by atoms with E-state index >= 15 is 0 Å². The number of rotatable bonds is 7. The van der Waals surface area contributed by atoms with Crippen LogP contribution < -0.4 is 0 Å². The summed E-state index contributed by atoms with van der Waals surface area (Å²) in [7, 11) is 0. The van der Waals surface area contributed by atoms with Crippen LogP contribution in [0.25, 0.3) is 83.9 Å². The summed E-state index contributed by atoms with van der Waals surface area (Å²) in [6.07, 6.45) is 2.07. The van der Waals surface area contributed by atoms with Gasteiger partial charge in [-0.3, -0.25) is 0 Å². The molecule has 8 aromatic carbocycles. The molecule has 1 aliphatic rings. The smallest absolute Gasteiger partial charge is 0.164 e. The zero-order valence-electron chi connectivity index (χ0n) is 31.8. The molecule has 0 radical (unpaired) electrons. The maximum Gasteiger partial charge on any atom is 0.164 e. The van der Waals surface area contributed by atoms with Crippen molar-refractivity contribution in [1.29, 1.82) is 0 Å². The van der Waals surface area contributed by atoms with E-state index in [2.05, 4.69) is 168 Å². The Bertz CT molecular complexity index is 3040. The van der Waals surface area contributed by atoms with Crippen molar-refractivity contribution in [3.63, 3.8) is 0 Å². The molecule has 1 atom stereocenters. The summed E-state index contributed by atoms with van der Waals surface area (Å²) in [5.41, 5.74) is 15.6. The summed E-state index contributed by atoms with van der Waals surface area (Å²) < 4.78 is 2.37. The van der Waals surface area contributed by atoms with Gasteiger partial charge < -0.3 is 4.57 Å². The third-order valence-corrected chi connectivity index (χ3v) is 11.7. The van der Waals surface area contributed by atoms with E-state index in [0.29, 0.717) is 23.4 Å². The molecule has 0 amide bonds. The van der Waals surface area contributed by atoms with Crippen molar-refractivity contribution < 1.29 is 0 Å². The summed E-state index contributed by atoms with van der Waals surface area (Å²) in [5, 5.41) is 2.33. The zero-order chi connectivity index (χ0) is 38.4. The lowest BCUT2D eigenvalue weighted by atomic mass is 9.75. The first-order chi connectivity index (χ1) is 28.7. The van der Waals surface area contributed by atoms with Gasteiger partial charge in [0.25, 0.3) is 0 Å². The second-order valence-electron chi connectivity index (χ2n) is 15.2. The Labute approximate surface area is 337 Å². The van der Waals surface area contributed by atoms with Gasteiger partial charge in [-0.15, -0.1) is 0 Å². The first kappa shape index (κ1) is 33.9. The van der Waals surface area contributed by atoms with Crippen LogP contribution in [0, 0.1) is 0 Å². The molecular weight excluding hydrogens is 705 g/mol. The van der Waals surface area contributed by atoms with Gasteiger partial charge in [-0.1, -0.05) is 152 Å². The van der Waals surface area contributed by atoms with E-state index in [1.54, 1.807) is 0 Å². The minimum Gasteiger partial charge on any atom is -0.309 e. The fraction of sp³-hybridized carbons (Fsp3) is 0.0556. The highest BCUT2D eigenvalue weighted by Gasteiger charge is 2.25. The van der Waals surface area contributed by atoms with Crippen LogP contribution in [0.5, 0.6) is 0 Å². The van der Waals surface area contributed by atoms with Crippen molar-refractivity contribution in [2.45, 2.75) is 18.8 Å². The van der Waals surface area contributed by atoms with Crippen molar-refractivity contribution in [2.75, 3.05) is 0 Å². The predicted molar refractivity (Wildman–Crippen MR) is 238 cm³/mol. The van der Waals surface area contributed by atoms with Crippen LogP contribution in [0.3, 0.4) is 0 Å². The number of nitrogens with zero attached hydrogens (tertiary/aromatic N) is 4. The Kier molecular flexibility index (Phi) is 8.32. The lowest BCUT2D eigenvalue weighted by Crippen LogP contribution is -2.13. The second-order valence-corrected chi connectivity index (χ2v) is 15.2. The van der Waals surface area contributed by atoms with Crippen molar-refractivity contribution in [3.05, 3.63) is 217 Å². The number of hydrogen-bond donors (Lipinski definition) is 0. The predicted octanol–water partition coefficient (Wildman–Crippen LogP) is 13.2. The van der Waals surface area contributed by atoms with E-state index in [1.807, 2.05) is 36.4 Å². The van der Waals surface area contributed by atoms with Crippen LogP contribution in [0.15, 0.2) is 200 Å². The number of aromatic nitrogens is 4. The van der Waals surface area contributed by atoms with Crippen LogP contribution in [0.4, 0.5) is 0 Å². The van der Waals surface area contributed by atoms with Crippen LogP contribution in [0.2, 0.25) is 0 Å². The molecule has 0 bridgehead atoms. The fourth-order valence-corrected chi connectivity index (χ4v) is 8.87. The molecule has 4 heteroatoms. The molecule has 11 rings (SSSR count). The van der Waals surface area contributed by atoms with E-state index < -0.39 is 0 Å². The summed E-state index contributed by atoms with van der Waals surface area (Å²) in [5.74, 6) is 2.40. The molecule has 0 saturated heterocycles. The summed E-state index contributed by atoms with van der Waals surface area (Å²) in [6, 6.07) is 71.5. The monoisotopic (exact) mass is 742 g/mol. The molecule has 0 fully saturated rings. The average Bonchev–Trinajstić information content (AvgIpc) is 3.63. The standard InChI is InChI=1S/C54H38N4/c1-5-15-36(16-6-1)31-43-32-41-26-25-39(33-47(41)46-24-14-13-23-45(43)46)40-27-29-50-48(34-40)49-35-42(28-30-51(49)58(50)44-21-11-4-12-22-44)54-56-52(37-17-7-2-8-18-37)55-53(57-54)38-19-9-3-10-20-38/h1-30,33-35,43H,31-32H2. The largest absolute Gasteiger partial charge is 0.309 e. The zero-order valence-corrected chi connectivity index (χ0v) is 31.8. The highest BCUT2D eigenvalue weighted by atomic mass is 15.0. The normalized spacial score (nSPS) is 13.3. The molecule has 4 nitrogen and oxygen atoms in total. The van der Waals surface area contributed by atoms with Gasteiger partial charge >= 0.3 is 0 Å². The Hall–Kier alpha value is -7.43. The highest BCUT2D eigenvalue weighted by molar-refractivity contribution is 6.11. The van der Waals surface area contributed by atoms with Gasteiger partial charge in [0.15, 0.2) is 17.5 Å². The third-order valence-electron chi connectivity index (χ3n) is 11.7. The van der Waals surface area contributed by atoms with E-state index in [9.17, 15) is 0 Å². The highest BCUT2D eigenvalue weighted by Crippen LogP contribution is 2.44. The van der Waals surface area contributed by atoms with Gasteiger partial charge in [-0.25, -0.2) is 15.0 Å². The van der Waals surface area contributed by atoms with Gasteiger partial charge in [0.05, 0.1) is 11.0 Å². The average molecular weight is 743 g/mol. The van der Waals surface area contributed by atoms with Crippen LogP contribution in [-0.4, -0.2) is 19.5 Å². The Balaban J connectivity index is 1.05. The minimum absolute atomic E-state index is 0.448. The minimum atomic E-state index is 0.448. The Morgan fingerprint density at radius 3 is 1.57 bits per heavy atom. The lowest BCUT2D eigenvalue weighted by molar-refractivity contribution is 0.673. The van der Waals surface area contributed by atoms with Crippen LogP contribution >= 0.6 is 0 Å². The van der Waals surface area contributed by atoms with E-state index in [1.165, 1.54) is 44.3 Å². The SMILES string of the molecule is c1ccc(CC2Cc3ccc(-c4ccc5c(c4)c4cc(-c6nc(-c7ccccc7)nc(-c7ccccc7)n6)ccc4n5-c4ccccc4)cc3-c3ccccc32)cc1. The van der Waals surface area contributed by atoms with Crippen molar-refractivity contribution in [3.8, 4) is 62.1 Å². The first-order valence-corrected chi connectivity index (χ1v) is 20.0. The van der Waals surface area contributed by atoms with Gasteiger partial charge in [-0.05, 0) is 106 Å². The molecule has 0 spiro atoms. The molecule has 1 unspecified atom stereocenters. The maximum atomic E-state index is 5.08. The fourth-order valence-electron chi connectivity index (χ4n) is 8.87. The second kappa shape index (κ2) is 14.3. The van der Waals surface area contributed by atoms with Gasteiger partial charge in [-0.2, -0.15) is 0 Å². The van der Waals surface area contributed by atoms with Gasteiger partial charge in [0.1, 0.15) is 0 Å². The van der Waals surface area contributed by atoms with Gasteiger partial charge in [0, 0.05) is 33.2 Å². The molecule has 0 saturated carbocycles. The number of para-hydroxylation sites is 1. The lowest BCUT2D eigenvalue weighted by Gasteiger charge is -2.28. The molecule has 274 valence electrons. The number of fused-ring (bicyclic) bond motifs is 6. The van der Waals surface area contributed by atoms with E-state index in [-0.39, 0.29) is 0 Å². The molecule has 10 aromatic rings. The molecule has 0 aliphatic heterocycles. The quantitative estimate of drug-likeness (QED) is 0.163. The topological polar surface area (TPSA) is 43.6 Å². The van der Waals surface area contributed by atoms with Crippen LogP contribution in [0.1, 0.15) is 22.6 Å². The summed E-state index contributed by atoms with van der Waals surface area (Å²) >= 11 is 0. The Morgan fingerprint density at radius 2 is 0.914 bits per heavy atom. The van der Waals surface area contributed by atoms with Crippen molar-refractivity contribution in [1.82, 2.24) is 19.5 Å². The molecular formula is C54H38N4. The maximum absolute atomic E-state index is 5.08. The molecule has 1 aliphatic carbocycles.